The lowest BCUT2D eigenvalue weighted by Gasteiger charge is -2.18. The Labute approximate surface area is 67.6 Å². The van der Waals surface area contributed by atoms with Gasteiger partial charge in [0.1, 0.15) is 0 Å². The summed E-state index contributed by atoms with van der Waals surface area (Å²) in [5, 5.41) is 0. The van der Waals surface area contributed by atoms with Crippen LogP contribution in [0.5, 0.6) is 0 Å². The van der Waals surface area contributed by atoms with Crippen LogP contribution >= 0.6 is 0 Å². The Morgan fingerprint density at radius 3 is 2.00 bits per heavy atom. The molecule has 0 aromatic rings. The molecule has 1 aliphatic rings. The molecule has 0 bridgehead atoms. The van der Waals surface area contributed by atoms with E-state index in [1.807, 2.05) is 0 Å². The molecule has 6 heteroatoms. The molecule has 66 valence electrons. The van der Waals surface area contributed by atoms with Gasteiger partial charge in [0, 0.05) is 6.42 Å². The minimum atomic E-state index is -1.88. The predicted molar refractivity (Wildman–Crippen MR) is 34.4 cm³/mol. The Morgan fingerprint density at radius 2 is 1.83 bits per heavy atom. The standard InChI is InChI=1S/C6H7NO5/c1-2-6(5(7)10)11-3(8)4(9)12-6/h2H2,1H3,(H2,7,10). The third-order valence-corrected chi connectivity index (χ3v) is 1.52. The molecular weight excluding hydrogens is 166 g/mol. The molecule has 1 heterocycles. The fourth-order valence-corrected chi connectivity index (χ4v) is 0.823. The van der Waals surface area contributed by atoms with Crippen LogP contribution in [0.2, 0.25) is 0 Å². The first-order valence-corrected chi connectivity index (χ1v) is 3.28. The molecule has 0 aliphatic carbocycles. The highest BCUT2D eigenvalue weighted by Gasteiger charge is 2.52. The van der Waals surface area contributed by atoms with E-state index in [0.29, 0.717) is 0 Å². The summed E-state index contributed by atoms with van der Waals surface area (Å²) in [6, 6.07) is 0. The Balaban J connectivity index is 2.93. The molecule has 12 heavy (non-hydrogen) atoms. The van der Waals surface area contributed by atoms with E-state index in [1.54, 1.807) is 0 Å². The molecule has 6 nitrogen and oxygen atoms in total. The first-order valence-electron chi connectivity index (χ1n) is 3.28. The summed E-state index contributed by atoms with van der Waals surface area (Å²) in [5.74, 6) is -5.23. The molecule has 1 fully saturated rings. The summed E-state index contributed by atoms with van der Waals surface area (Å²) < 4.78 is 8.77. The zero-order valence-corrected chi connectivity index (χ0v) is 6.33. The number of primary amides is 1. The molecule has 1 aliphatic heterocycles. The first kappa shape index (κ1) is 8.51. The van der Waals surface area contributed by atoms with Gasteiger partial charge in [0.2, 0.25) is 0 Å². The van der Waals surface area contributed by atoms with E-state index in [1.165, 1.54) is 6.92 Å². The molecule has 1 amide bonds. The summed E-state index contributed by atoms with van der Waals surface area (Å²) in [6.07, 6.45) is 0.0137. The topological polar surface area (TPSA) is 95.7 Å². The highest BCUT2D eigenvalue weighted by atomic mass is 16.8. The maximum atomic E-state index is 10.7. The normalized spacial score (nSPS) is 20.1. The van der Waals surface area contributed by atoms with Crippen molar-refractivity contribution in [2.24, 2.45) is 5.73 Å². The van der Waals surface area contributed by atoms with Gasteiger partial charge in [-0.25, -0.2) is 9.59 Å². The number of esters is 2. The van der Waals surface area contributed by atoms with E-state index >= 15 is 0 Å². The monoisotopic (exact) mass is 173 g/mol. The van der Waals surface area contributed by atoms with Crippen LogP contribution in [0.1, 0.15) is 13.3 Å². The summed E-state index contributed by atoms with van der Waals surface area (Å²) in [6.45, 7) is 1.51. The number of carbonyl (C=O) groups is 3. The van der Waals surface area contributed by atoms with E-state index in [4.69, 9.17) is 5.73 Å². The van der Waals surface area contributed by atoms with Gasteiger partial charge in [-0.1, -0.05) is 6.92 Å². The Hall–Kier alpha value is -1.59. The maximum Gasteiger partial charge on any atom is 0.421 e. The molecule has 0 spiro atoms. The second-order valence-corrected chi connectivity index (χ2v) is 2.25. The molecule has 0 unspecified atom stereocenters. The van der Waals surface area contributed by atoms with Crippen molar-refractivity contribution in [2.45, 2.75) is 19.1 Å². The molecular formula is C6H7NO5. The van der Waals surface area contributed by atoms with Crippen LogP contribution in [-0.2, 0) is 23.9 Å². The lowest BCUT2D eigenvalue weighted by Crippen LogP contribution is -2.44. The second kappa shape index (κ2) is 2.47. The van der Waals surface area contributed by atoms with Crippen LogP contribution in [0, 0.1) is 0 Å². The average Bonchev–Trinajstić information content (AvgIpc) is 2.29. The van der Waals surface area contributed by atoms with Crippen LogP contribution in [0.3, 0.4) is 0 Å². The van der Waals surface area contributed by atoms with Crippen molar-refractivity contribution in [3.63, 3.8) is 0 Å². The minimum Gasteiger partial charge on any atom is -0.405 e. The average molecular weight is 173 g/mol. The highest BCUT2D eigenvalue weighted by Crippen LogP contribution is 2.24. The number of ether oxygens (including phenoxy) is 2. The minimum absolute atomic E-state index is 0.0137. The zero-order valence-electron chi connectivity index (χ0n) is 6.33. The summed E-state index contributed by atoms with van der Waals surface area (Å²) in [5.41, 5.74) is 4.87. The number of cyclic esters (lactones) is 2. The van der Waals surface area contributed by atoms with Gasteiger partial charge >= 0.3 is 23.6 Å². The van der Waals surface area contributed by atoms with Crippen molar-refractivity contribution in [3.05, 3.63) is 0 Å². The van der Waals surface area contributed by atoms with Crippen LogP contribution in [0.4, 0.5) is 0 Å². The van der Waals surface area contributed by atoms with Gasteiger partial charge in [-0.3, -0.25) is 4.79 Å². The molecule has 0 aromatic heterocycles. The third-order valence-electron chi connectivity index (χ3n) is 1.52. The van der Waals surface area contributed by atoms with E-state index in [-0.39, 0.29) is 6.42 Å². The fraction of sp³-hybridized carbons (Fsp3) is 0.500. The van der Waals surface area contributed by atoms with Crippen molar-refractivity contribution in [2.75, 3.05) is 0 Å². The quantitative estimate of drug-likeness (QED) is 0.412. The first-order chi connectivity index (χ1) is 5.52. The molecule has 0 saturated carbocycles. The lowest BCUT2D eigenvalue weighted by atomic mass is 10.2. The number of carbonyl (C=O) groups excluding carboxylic acids is 3. The van der Waals surface area contributed by atoms with Crippen LogP contribution in [-0.4, -0.2) is 23.6 Å². The van der Waals surface area contributed by atoms with Gasteiger partial charge in [0.15, 0.2) is 0 Å². The predicted octanol–water partition coefficient (Wildman–Crippen LogP) is -1.32. The molecule has 0 atom stereocenters. The number of nitrogens with two attached hydrogens (primary N) is 1. The Morgan fingerprint density at radius 1 is 1.42 bits per heavy atom. The van der Waals surface area contributed by atoms with E-state index < -0.39 is 23.6 Å². The Bertz CT molecular complexity index is 243. The number of hydrogen-bond donors (Lipinski definition) is 1. The maximum absolute atomic E-state index is 10.7. The summed E-state index contributed by atoms with van der Waals surface area (Å²) >= 11 is 0. The van der Waals surface area contributed by atoms with Gasteiger partial charge in [-0.15, -0.1) is 0 Å². The second-order valence-electron chi connectivity index (χ2n) is 2.25. The van der Waals surface area contributed by atoms with Crippen molar-refractivity contribution >= 4 is 17.8 Å². The van der Waals surface area contributed by atoms with Crippen molar-refractivity contribution < 1.29 is 23.9 Å². The molecule has 0 radical (unpaired) electrons. The lowest BCUT2D eigenvalue weighted by molar-refractivity contribution is -0.188. The number of amides is 1. The Kier molecular flexibility index (Phi) is 1.75. The summed E-state index contributed by atoms with van der Waals surface area (Å²) in [7, 11) is 0. The van der Waals surface area contributed by atoms with E-state index in [2.05, 4.69) is 9.47 Å². The van der Waals surface area contributed by atoms with Gasteiger partial charge in [-0.2, -0.15) is 0 Å². The number of hydrogen-bond acceptors (Lipinski definition) is 5. The zero-order chi connectivity index (χ0) is 9.35. The molecule has 1 saturated heterocycles. The van der Waals surface area contributed by atoms with E-state index in [0.717, 1.165) is 0 Å². The van der Waals surface area contributed by atoms with Crippen molar-refractivity contribution in [3.8, 4) is 0 Å². The fourth-order valence-electron chi connectivity index (χ4n) is 0.823. The van der Waals surface area contributed by atoms with Gasteiger partial charge < -0.3 is 15.2 Å². The molecule has 0 aromatic carbocycles. The smallest absolute Gasteiger partial charge is 0.405 e. The van der Waals surface area contributed by atoms with Crippen molar-refractivity contribution in [1.29, 1.82) is 0 Å². The van der Waals surface area contributed by atoms with Gasteiger partial charge in [0.25, 0.3) is 0 Å². The number of rotatable bonds is 2. The third kappa shape index (κ3) is 1.01. The van der Waals surface area contributed by atoms with Crippen LogP contribution < -0.4 is 5.73 Å². The highest BCUT2D eigenvalue weighted by molar-refractivity contribution is 6.32. The SMILES string of the molecule is CCC1(C(N)=O)OC(=O)C(=O)O1. The largest absolute Gasteiger partial charge is 0.421 e. The molecule has 2 N–H and O–H groups in total. The van der Waals surface area contributed by atoms with E-state index in [9.17, 15) is 14.4 Å². The van der Waals surface area contributed by atoms with Crippen LogP contribution in [0.15, 0.2) is 0 Å². The van der Waals surface area contributed by atoms with Crippen molar-refractivity contribution in [1.82, 2.24) is 0 Å². The van der Waals surface area contributed by atoms with Gasteiger partial charge in [-0.05, 0) is 0 Å². The van der Waals surface area contributed by atoms with Crippen LogP contribution in [0.25, 0.3) is 0 Å². The molecule has 1 rings (SSSR count). The van der Waals surface area contributed by atoms with Gasteiger partial charge in [0.05, 0.1) is 0 Å². The summed E-state index contributed by atoms with van der Waals surface area (Å²) in [4.78, 5) is 31.8.